The van der Waals surface area contributed by atoms with Gasteiger partial charge >= 0.3 is 0 Å². The molecule has 18 heavy (non-hydrogen) atoms. The standard InChI is InChI=1S/C13H21N3OS/c1-10-9-18-13(14-10)8-16-6-11-5-15(2)3-4-17-12(11)7-16/h9,11-12H,3-8H2,1-2H3/t11-,12+/m0/s1. The Kier molecular flexibility index (Phi) is 3.66. The van der Waals surface area contributed by atoms with E-state index in [-0.39, 0.29) is 0 Å². The van der Waals surface area contributed by atoms with Gasteiger partial charge in [0.25, 0.3) is 0 Å². The number of likely N-dealkylation sites (N-methyl/N-ethyl adjacent to an activating group) is 1. The van der Waals surface area contributed by atoms with Crippen molar-refractivity contribution in [2.75, 3.05) is 39.8 Å². The van der Waals surface area contributed by atoms with Gasteiger partial charge in [0.05, 0.1) is 19.3 Å². The van der Waals surface area contributed by atoms with E-state index in [9.17, 15) is 0 Å². The second-order valence-electron chi connectivity index (χ2n) is 5.51. The molecule has 100 valence electrons. The molecule has 0 aromatic carbocycles. The van der Waals surface area contributed by atoms with Crippen LogP contribution in [-0.2, 0) is 11.3 Å². The summed E-state index contributed by atoms with van der Waals surface area (Å²) in [6.45, 7) is 8.37. The van der Waals surface area contributed by atoms with Crippen LogP contribution in [0.4, 0.5) is 0 Å². The van der Waals surface area contributed by atoms with Crippen LogP contribution in [0.15, 0.2) is 5.38 Å². The molecule has 2 saturated heterocycles. The second-order valence-corrected chi connectivity index (χ2v) is 6.45. The molecule has 2 fully saturated rings. The zero-order valence-corrected chi connectivity index (χ0v) is 11.9. The molecule has 4 nitrogen and oxygen atoms in total. The molecule has 1 aromatic heterocycles. The molecular formula is C13H21N3OS. The summed E-state index contributed by atoms with van der Waals surface area (Å²) in [5.74, 6) is 0.665. The Morgan fingerprint density at radius 3 is 3.11 bits per heavy atom. The highest BCUT2D eigenvalue weighted by Gasteiger charge is 2.35. The molecule has 5 heteroatoms. The summed E-state index contributed by atoms with van der Waals surface area (Å²) >= 11 is 1.77. The van der Waals surface area contributed by atoms with Crippen LogP contribution in [0.5, 0.6) is 0 Å². The summed E-state index contributed by atoms with van der Waals surface area (Å²) < 4.78 is 5.97. The molecule has 0 amide bonds. The van der Waals surface area contributed by atoms with Crippen LogP contribution < -0.4 is 0 Å². The van der Waals surface area contributed by atoms with Crippen LogP contribution >= 0.6 is 11.3 Å². The molecular weight excluding hydrogens is 246 g/mol. The maximum atomic E-state index is 5.97. The van der Waals surface area contributed by atoms with E-state index >= 15 is 0 Å². The van der Waals surface area contributed by atoms with E-state index in [2.05, 4.69) is 34.1 Å². The highest BCUT2D eigenvalue weighted by Crippen LogP contribution is 2.25. The predicted molar refractivity (Wildman–Crippen MR) is 72.9 cm³/mol. The monoisotopic (exact) mass is 267 g/mol. The molecule has 3 heterocycles. The van der Waals surface area contributed by atoms with E-state index in [1.165, 1.54) is 5.01 Å². The Bertz CT molecular complexity index is 409. The Hall–Kier alpha value is -0.490. The quantitative estimate of drug-likeness (QED) is 0.805. The molecule has 3 rings (SSSR count). The second kappa shape index (κ2) is 5.25. The SMILES string of the molecule is Cc1csc(CN2C[C@@H]3CN(C)CCO[C@@H]3C2)n1. The number of aromatic nitrogens is 1. The first-order valence-corrected chi connectivity index (χ1v) is 7.52. The Morgan fingerprint density at radius 2 is 2.33 bits per heavy atom. The van der Waals surface area contributed by atoms with Gasteiger partial charge in [-0.15, -0.1) is 11.3 Å². The Balaban J connectivity index is 1.60. The molecule has 0 saturated carbocycles. The first kappa shape index (κ1) is 12.5. The van der Waals surface area contributed by atoms with Gasteiger partial charge in [0.15, 0.2) is 0 Å². The van der Waals surface area contributed by atoms with Gasteiger partial charge in [-0.2, -0.15) is 0 Å². The van der Waals surface area contributed by atoms with Crippen molar-refractivity contribution >= 4 is 11.3 Å². The zero-order valence-electron chi connectivity index (χ0n) is 11.1. The topological polar surface area (TPSA) is 28.6 Å². The van der Waals surface area contributed by atoms with Crippen molar-refractivity contribution in [2.45, 2.75) is 19.6 Å². The van der Waals surface area contributed by atoms with Gasteiger partial charge < -0.3 is 9.64 Å². The van der Waals surface area contributed by atoms with E-state index < -0.39 is 0 Å². The minimum atomic E-state index is 0.427. The van der Waals surface area contributed by atoms with Gasteiger partial charge in [0, 0.05) is 43.2 Å². The van der Waals surface area contributed by atoms with E-state index in [1.807, 2.05) is 0 Å². The molecule has 2 aliphatic rings. The Labute approximate surface area is 113 Å². The normalized spacial score (nSPS) is 30.3. The lowest BCUT2D eigenvalue weighted by Crippen LogP contribution is -2.29. The summed E-state index contributed by atoms with van der Waals surface area (Å²) in [7, 11) is 2.19. The lowest BCUT2D eigenvalue weighted by molar-refractivity contribution is 0.0514. The fraction of sp³-hybridized carbons (Fsp3) is 0.769. The molecule has 0 unspecified atom stereocenters. The van der Waals surface area contributed by atoms with Crippen molar-refractivity contribution < 1.29 is 4.74 Å². The number of ether oxygens (including phenoxy) is 1. The third-order valence-electron chi connectivity index (χ3n) is 3.83. The van der Waals surface area contributed by atoms with Crippen molar-refractivity contribution in [3.05, 3.63) is 16.1 Å². The molecule has 0 bridgehead atoms. The number of aryl methyl sites for hydroxylation is 1. The summed E-state index contributed by atoms with van der Waals surface area (Å²) in [5.41, 5.74) is 1.14. The fourth-order valence-electron chi connectivity index (χ4n) is 2.94. The summed E-state index contributed by atoms with van der Waals surface area (Å²) in [6, 6.07) is 0. The maximum absolute atomic E-state index is 5.97. The molecule has 0 radical (unpaired) electrons. The van der Waals surface area contributed by atoms with Gasteiger partial charge in [0.1, 0.15) is 5.01 Å². The molecule has 2 atom stereocenters. The molecule has 0 N–H and O–H groups in total. The van der Waals surface area contributed by atoms with Gasteiger partial charge in [-0.25, -0.2) is 4.98 Å². The number of fused-ring (bicyclic) bond motifs is 1. The van der Waals surface area contributed by atoms with Gasteiger partial charge in [-0.1, -0.05) is 0 Å². The lowest BCUT2D eigenvalue weighted by Gasteiger charge is -2.18. The van der Waals surface area contributed by atoms with Crippen molar-refractivity contribution in [1.82, 2.24) is 14.8 Å². The lowest BCUT2D eigenvalue weighted by atomic mass is 10.1. The third-order valence-corrected chi connectivity index (χ3v) is 4.78. The largest absolute Gasteiger partial charge is 0.375 e. The van der Waals surface area contributed by atoms with Crippen LogP contribution in [-0.4, -0.2) is 60.7 Å². The number of likely N-dealkylation sites (tertiary alicyclic amines) is 1. The van der Waals surface area contributed by atoms with Crippen LogP contribution in [0.25, 0.3) is 0 Å². The number of rotatable bonds is 2. The number of nitrogens with zero attached hydrogens (tertiary/aromatic N) is 3. The van der Waals surface area contributed by atoms with Crippen molar-refractivity contribution in [3.63, 3.8) is 0 Å². The van der Waals surface area contributed by atoms with Gasteiger partial charge in [-0.05, 0) is 14.0 Å². The molecule has 0 aliphatic carbocycles. The molecule has 0 spiro atoms. The molecule has 2 aliphatic heterocycles. The predicted octanol–water partition coefficient (Wildman–Crippen LogP) is 1.21. The first-order valence-electron chi connectivity index (χ1n) is 6.64. The first-order chi connectivity index (χ1) is 8.70. The molecule has 1 aromatic rings. The van der Waals surface area contributed by atoms with Crippen molar-refractivity contribution in [3.8, 4) is 0 Å². The fourth-order valence-corrected chi connectivity index (χ4v) is 3.75. The third kappa shape index (κ3) is 2.74. The van der Waals surface area contributed by atoms with Crippen LogP contribution in [0, 0.1) is 12.8 Å². The number of hydrogen-bond donors (Lipinski definition) is 0. The highest BCUT2D eigenvalue weighted by molar-refractivity contribution is 7.09. The Morgan fingerprint density at radius 1 is 1.44 bits per heavy atom. The maximum Gasteiger partial charge on any atom is 0.107 e. The average Bonchev–Trinajstić information content (AvgIpc) is 2.83. The average molecular weight is 267 g/mol. The number of thiazole rings is 1. The van der Waals surface area contributed by atoms with Crippen LogP contribution in [0.3, 0.4) is 0 Å². The van der Waals surface area contributed by atoms with Gasteiger partial charge in [0.2, 0.25) is 0 Å². The summed E-state index contributed by atoms with van der Waals surface area (Å²) in [4.78, 5) is 9.43. The van der Waals surface area contributed by atoms with E-state index in [0.29, 0.717) is 12.0 Å². The smallest absolute Gasteiger partial charge is 0.107 e. The van der Waals surface area contributed by atoms with E-state index in [1.54, 1.807) is 11.3 Å². The van der Waals surface area contributed by atoms with Crippen molar-refractivity contribution in [2.24, 2.45) is 5.92 Å². The summed E-state index contributed by atoms with van der Waals surface area (Å²) in [5, 5.41) is 3.37. The summed E-state index contributed by atoms with van der Waals surface area (Å²) in [6.07, 6.45) is 0.427. The minimum absolute atomic E-state index is 0.427. The van der Waals surface area contributed by atoms with E-state index in [0.717, 1.165) is 45.0 Å². The van der Waals surface area contributed by atoms with Crippen molar-refractivity contribution in [1.29, 1.82) is 0 Å². The minimum Gasteiger partial charge on any atom is -0.375 e. The zero-order chi connectivity index (χ0) is 12.5. The van der Waals surface area contributed by atoms with Gasteiger partial charge in [-0.3, -0.25) is 4.90 Å². The highest BCUT2D eigenvalue weighted by atomic mass is 32.1. The van der Waals surface area contributed by atoms with Crippen LogP contribution in [0.2, 0.25) is 0 Å². The van der Waals surface area contributed by atoms with E-state index in [4.69, 9.17) is 4.74 Å². The van der Waals surface area contributed by atoms with Crippen LogP contribution in [0.1, 0.15) is 10.7 Å². The number of hydrogen-bond acceptors (Lipinski definition) is 5.